The quantitative estimate of drug-likeness (QED) is 0.141. The van der Waals surface area contributed by atoms with Crippen molar-refractivity contribution in [1.29, 1.82) is 0 Å². The van der Waals surface area contributed by atoms with Crippen LogP contribution in [0, 0.1) is 12.7 Å². The number of nitrogens with zero attached hydrogens (tertiary/aromatic N) is 4. The molecule has 270 valence electrons. The predicted octanol–water partition coefficient (Wildman–Crippen LogP) is 7.36. The van der Waals surface area contributed by atoms with Gasteiger partial charge in [0.1, 0.15) is 29.0 Å². The van der Waals surface area contributed by atoms with E-state index < -0.39 is 27.3 Å². The minimum atomic E-state index is -4.03. The molecule has 2 N–H and O–H groups in total. The number of benzene rings is 4. The second-order valence-electron chi connectivity index (χ2n) is 12.3. The molecule has 0 spiro atoms. The van der Waals surface area contributed by atoms with Gasteiger partial charge < -0.3 is 19.5 Å². The van der Waals surface area contributed by atoms with E-state index in [0.717, 1.165) is 0 Å². The molecule has 0 fully saturated rings. The molecule has 2 amide bonds. The lowest BCUT2D eigenvalue weighted by molar-refractivity contribution is 0.0165. The molecule has 11 nitrogen and oxygen atoms in total. The largest absolute Gasteiger partial charge is 0.481 e. The Balaban J connectivity index is 1.44. The first-order valence-corrected chi connectivity index (χ1v) is 18.3. The average Bonchev–Trinajstić information content (AvgIpc) is 3.64. The predicted molar refractivity (Wildman–Crippen MR) is 200 cm³/mol. The number of amides is 2. The molecular formula is C40H37FN6O5S. The molecule has 0 bridgehead atoms. The van der Waals surface area contributed by atoms with Crippen LogP contribution in [0.15, 0.2) is 137 Å². The Kier molecular flexibility index (Phi) is 9.94. The summed E-state index contributed by atoms with van der Waals surface area (Å²) in [5.41, 5.74) is 2.11. The van der Waals surface area contributed by atoms with Gasteiger partial charge in [0.15, 0.2) is 9.92 Å². The highest BCUT2D eigenvalue weighted by atomic mass is 32.2. The van der Waals surface area contributed by atoms with Crippen molar-refractivity contribution < 1.29 is 27.6 Å². The molecule has 1 aliphatic rings. The van der Waals surface area contributed by atoms with Gasteiger partial charge in [-0.1, -0.05) is 91.0 Å². The van der Waals surface area contributed by atoms with E-state index in [2.05, 4.69) is 20.1 Å². The molecule has 1 aliphatic heterocycles. The van der Waals surface area contributed by atoms with E-state index >= 15 is 8.60 Å². The smallest absolute Gasteiger partial charge is 0.331 e. The lowest BCUT2D eigenvalue weighted by Crippen LogP contribution is -2.39. The number of aromatic nitrogens is 3. The van der Waals surface area contributed by atoms with Gasteiger partial charge in [0.05, 0.1) is 25.5 Å². The van der Waals surface area contributed by atoms with Crippen molar-refractivity contribution >= 4 is 21.6 Å². The van der Waals surface area contributed by atoms with Crippen molar-refractivity contribution in [3.05, 3.63) is 156 Å². The molecule has 2 aromatic heterocycles. The summed E-state index contributed by atoms with van der Waals surface area (Å²) in [7, 11) is -0.967. The van der Waals surface area contributed by atoms with Crippen LogP contribution in [0.2, 0.25) is 0 Å². The molecular weight excluding hydrogens is 696 g/mol. The Morgan fingerprint density at radius 1 is 0.943 bits per heavy atom. The van der Waals surface area contributed by atoms with E-state index in [1.165, 1.54) is 19.4 Å². The van der Waals surface area contributed by atoms with E-state index in [-0.39, 0.29) is 34.7 Å². The van der Waals surface area contributed by atoms with Crippen molar-refractivity contribution in [2.45, 2.75) is 30.0 Å². The summed E-state index contributed by atoms with van der Waals surface area (Å²) in [6.07, 6.45) is 2.65. The van der Waals surface area contributed by atoms with Gasteiger partial charge in [0.2, 0.25) is 11.8 Å². The fourth-order valence-electron chi connectivity index (χ4n) is 6.44. The Morgan fingerprint density at radius 3 is 2.15 bits per heavy atom. The maximum atomic E-state index is 16.0. The van der Waals surface area contributed by atoms with Crippen LogP contribution in [0.25, 0.3) is 11.1 Å². The second-order valence-corrected chi connectivity index (χ2v) is 14.2. The first-order valence-electron chi connectivity index (χ1n) is 16.8. The molecule has 7 rings (SSSR count). The van der Waals surface area contributed by atoms with Crippen LogP contribution >= 0.6 is 0 Å². The average molecular weight is 733 g/mol. The molecule has 0 saturated heterocycles. The Hall–Kier alpha value is -6.05. The zero-order valence-electron chi connectivity index (χ0n) is 29.2. The molecule has 4 aromatic carbocycles. The minimum Gasteiger partial charge on any atom is -0.481 e. The van der Waals surface area contributed by atoms with Crippen LogP contribution in [0.1, 0.15) is 22.3 Å². The van der Waals surface area contributed by atoms with Gasteiger partial charge in [-0.3, -0.25) is 0 Å². The fraction of sp³-hybridized carbons (Fsp3) is 0.175. The molecule has 1 unspecified atom stereocenters. The van der Waals surface area contributed by atoms with Crippen molar-refractivity contribution in [2.24, 2.45) is 4.36 Å². The zero-order chi connectivity index (χ0) is 37.0. The molecule has 0 aliphatic carbocycles. The van der Waals surface area contributed by atoms with Crippen molar-refractivity contribution in [3.63, 3.8) is 0 Å². The highest BCUT2D eigenvalue weighted by Gasteiger charge is 2.41. The standard InChI is InChI=1S/C40H37FN6O5S/c1-27-34(41)20-19-33(28-21-22-42-36(23-28)51-3)37(27)44-39(48)45-53(49,35-24-43-47-25-32(50-2)26-52-38(35)47)46-40(29-13-7-4-8-14-29,30-15-9-5-10-16-30)31-17-11-6-12-18-31/h4-24,32H,25-26H2,1-3H3,(H2,44,45,46,48,49)/t32-,53?/m0/s1. The topological polar surface area (TPSA) is 129 Å². The Morgan fingerprint density at radius 2 is 1.57 bits per heavy atom. The molecule has 3 heterocycles. The van der Waals surface area contributed by atoms with Crippen LogP contribution in [0.5, 0.6) is 11.8 Å². The van der Waals surface area contributed by atoms with Crippen LogP contribution in [-0.4, -0.2) is 51.9 Å². The number of rotatable bonds is 10. The van der Waals surface area contributed by atoms with E-state index in [0.29, 0.717) is 40.2 Å². The lowest BCUT2D eigenvalue weighted by atomic mass is 9.78. The summed E-state index contributed by atoms with van der Waals surface area (Å²) in [6, 6.07) is 33.7. The van der Waals surface area contributed by atoms with Gasteiger partial charge >= 0.3 is 6.03 Å². The molecule has 53 heavy (non-hydrogen) atoms. The van der Waals surface area contributed by atoms with E-state index in [4.69, 9.17) is 18.6 Å². The summed E-state index contributed by atoms with van der Waals surface area (Å²) in [5.74, 6) is -0.0250. The molecule has 2 atom stereocenters. The molecule has 13 heteroatoms. The number of hydrogen-bond acceptors (Lipinski definition) is 8. The number of anilines is 1. The summed E-state index contributed by atoms with van der Waals surface area (Å²) < 4.78 is 57.6. The maximum Gasteiger partial charge on any atom is 0.331 e. The number of carbonyl (C=O) groups is 1. The lowest BCUT2D eigenvalue weighted by Gasteiger charge is -2.33. The fourth-order valence-corrected chi connectivity index (χ4v) is 8.29. The number of carbonyl (C=O) groups excluding carboxylic acids is 1. The van der Waals surface area contributed by atoms with Crippen LogP contribution in [-0.2, 0) is 26.7 Å². The third kappa shape index (κ3) is 6.84. The van der Waals surface area contributed by atoms with Crippen LogP contribution in [0.3, 0.4) is 0 Å². The number of urea groups is 1. The van der Waals surface area contributed by atoms with Crippen molar-refractivity contribution in [3.8, 4) is 22.9 Å². The number of nitrogens with one attached hydrogen (secondary N) is 2. The molecule has 0 radical (unpaired) electrons. The molecule has 6 aromatic rings. The number of halogens is 1. The van der Waals surface area contributed by atoms with Gasteiger partial charge in [-0.05, 0) is 47.4 Å². The summed E-state index contributed by atoms with van der Waals surface area (Å²) in [4.78, 5) is 18.6. The van der Waals surface area contributed by atoms with Gasteiger partial charge in [0.25, 0.3) is 0 Å². The summed E-state index contributed by atoms with van der Waals surface area (Å²) in [6.45, 7) is 2.04. The zero-order valence-corrected chi connectivity index (χ0v) is 30.0. The minimum absolute atomic E-state index is 0.0597. The van der Waals surface area contributed by atoms with E-state index in [1.807, 2.05) is 91.0 Å². The summed E-state index contributed by atoms with van der Waals surface area (Å²) in [5, 5.41) is 7.29. The third-order valence-electron chi connectivity index (χ3n) is 9.14. The van der Waals surface area contributed by atoms with Gasteiger partial charge in [-0.2, -0.15) is 9.46 Å². The van der Waals surface area contributed by atoms with Crippen molar-refractivity contribution in [1.82, 2.24) is 19.5 Å². The second kappa shape index (κ2) is 14.9. The van der Waals surface area contributed by atoms with E-state index in [9.17, 15) is 4.79 Å². The first-order chi connectivity index (χ1) is 25.8. The van der Waals surface area contributed by atoms with Crippen LogP contribution in [0.4, 0.5) is 14.9 Å². The molecule has 0 saturated carbocycles. The number of ether oxygens (including phenoxy) is 3. The van der Waals surface area contributed by atoms with Crippen LogP contribution < -0.4 is 19.5 Å². The number of hydrogen-bond donors (Lipinski definition) is 2. The summed E-state index contributed by atoms with van der Waals surface area (Å²) >= 11 is 0. The number of methoxy groups -OCH3 is 2. The number of pyridine rings is 1. The van der Waals surface area contributed by atoms with Gasteiger partial charge in [-0.15, -0.1) is 0 Å². The first kappa shape index (κ1) is 35.4. The van der Waals surface area contributed by atoms with E-state index in [1.54, 1.807) is 43.1 Å². The highest BCUT2D eigenvalue weighted by molar-refractivity contribution is 7.92. The van der Waals surface area contributed by atoms with Gasteiger partial charge in [0, 0.05) is 30.5 Å². The van der Waals surface area contributed by atoms with Crippen molar-refractivity contribution in [2.75, 3.05) is 26.1 Å². The SMILES string of the molecule is COc1cc(-c2ccc(F)c(C)c2NC(=O)NS(=O)(=NC(c2ccccc2)(c2ccccc2)c2ccccc2)c2cnn3c2OC[C@@H](OC)C3)ccn1. The Bertz CT molecular complexity index is 2270. The van der Waals surface area contributed by atoms with Gasteiger partial charge in [-0.25, -0.2) is 27.8 Å². The number of fused-ring (bicyclic) bond motifs is 1. The monoisotopic (exact) mass is 732 g/mol. The normalized spacial score (nSPS) is 15.0. The highest BCUT2D eigenvalue weighted by Crippen LogP contribution is 2.43. The Labute approximate surface area is 307 Å². The maximum absolute atomic E-state index is 16.0. The third-order valence-corrected chi connectivity index (χ3v) is 11.0.